The minimum Gasteiger partial charge on any atom is -0.478 e. The van der Waals surface area contributed by atoms with Crippen molar-refractivity contribution in [3.8, 4) is 11.1 Å². The van der Waals surface area contributed by atoms with Crippen LogP contribution in [0.1, 0.15) is 57.9 Å². The molecule has 132 valence electrons. The fourth-order valence-corrected chi connectivity index (χ4v) is 3.29. The van der Waals surface area contributed by atoms with Crippen LogP contribution in [0, 0.1) is 13.8 Å². The van der Waals surface area contributed by atoms with Crippen molar-refractivity contribution in [2.45, 2.75) is 33.6 Å². The van der Waals surface area contributed by atoms with E-state index in [0.717, 1.165) is 5.56 Å². The third kappa shape index (κ3) is 3.55. The molecule has 0 bridgehead atoms. The smallest absolute Gasteiger partial charge is 0.335 e. The van der Waals surface area contributed by atoms with Gasteiger partial charge in [-0.1, -0.05) is 62.4 Å². The zero-order valence-electron chi connectivity index (χ0n) is 15.7. The second kappa shape index (κ2) is 7.17. The molecular formula is C24H24O2. The van der Waals surface area contributed by atoms with Gasteiger partial charge in [-0.2, -0.15) is 0 Å². The topological polar surface area (TPSA) is 37.3 Å². The van der Waals surface area contributed by atoms with E-state index in [1.165, 1.54) is 33.4 Å². The van der Waals surface area contributed by atoms with E-state index in [4.69, 9.17) is 5.11 Å². The van der Waals surface area contributed by atoms with Gasteiger partial charge in [0.05, 0.1) is 5.56 Å². The van der Waals surface area contributed by atoms with Crippen LogP contribution in [-0.2, 0) is 0 Å². The van der Waals surface area contributed by atoms with E-state index in [1.807, 2.05) is 18.2 Å². The van der Waals surface area contributed by atoms with Crippen LogP contribution >= 0.6 is 0 Å². The molecule has 0 atom stereocenters. The molecule has 0 radical (unpaired) electrons. The van der Waals surface area contributed by atoms with Gasteiger partial charge in [-0.3, -0.25) is 0 Å². The van der Waals surface area contributed by atoms with Gasteiger partial charge >= 0.3 is 5.97 Å². The SMILES string of the molecule is Cc1cc(/C=C/c2ccc(C(=O)O)cc2)c2c(C)ccc(C(C)C)cc1-2. The van der Waals surface area contributed by atoms with Crippen molar-refractivity contribution < 1.29 is 9.90 Å². The van der Waals surface area contributed by atoms with E-state index in [2.05, 4.69) is 58.0 Å². The summed E-state index contributed by atoms with van der Waals surface area (Å²) in [6.45, 7) is 8.75. The summed E-state index contributed by atoms with van der Waals surface area (Å²) in [4.78, 5) is 11.0. The van der Waals surface area contributed by atoms with Crippen LogP contribution in [0.15, 0.2) is 48.5 Å². The molecule has 1 aromatic rings. The van der Waals surface area contributed by atoms with Crippen molar-refractivity contribution in [3.63, 3.8) is 0 Å². The maximum atomic E-state index is 11.0. The molecule has 3 rings (SSSR count). The lowest BCUT2D eigenvalue weighted by molar-refractivity contribution is 0.0697. The van der Waals surface area contributed by atoms with Gasteiger partial charge in [-0.05, 0) is 70.8 Å². The van der Waals surface area contributed by atoms with Crippen molar-refractivity contribution >= 4 is 18.1 Å². The molecule has 0 aromatic heterocycles. The number of benzene rings is 1. The van der Waals surface area contributed by atoms with Crippen LogP contribution in [0.3, 0.4) is 0 Å². The van der Waals surface area contributed by atoms with Crippen LogP contribution in [0.25, 0.3) is 23.3 Å². The van der Waals surface area contributed by atoms with Gasteiger partial charge in [-0.25, -0.2) is 4.79 Å². The number of carboxylic acids is 1. The largest absolute Gasteiger partial charge is 0.478 e. The van der Waals surface area contributed by atoms with Gasteiger partial charge in [0.2, 0.25) is 0 Å². The lowest BCUT2D eigenvalue weighted by Gasteiger charge is -2.04. The van der Waals surface area contributed by atoms with Gasteiger partial charge < -0.3 is 5.11 Å². The maximum Gasteiger partial charge on any atom is 0.335 e. The molecule has 0 saturated carbocycles. The van der Waals surface area contributed by atoms with Crippen molar-refractivity contribution in [1.29, 1.82) is 0 Å². The molecule has 0 unspecified atom stereocenters. The first kappa shape index (κ1) is 17.9. The zero-order valence-corrected chi connectivity index (χ0v) is 15.7. The Labute approximate surface area is 155 Å². The molecule has 2 heteroatoms. The number of fused-ring (bicyclic) bond motifs is 1. The molecule has 1 aromatic carbocycles. The summed E-state index contributed by atoms with van der Waals surface area (Å²) in [7, 11) is 0. The van der Waals surface area contributed by atoms with Crippen molar-refractivity contribution in [2.75, 3.05) is 0 Å². The Morgan fingerprint density at radius 1 is 0.923 bits per heavy atom. The number of carbonyl (C=O) groups is 1. The summed E-state index contributed by atoms with van der Waals surface area (Å²) in [5.41, 5.74) is 8.97. The first-order valence-corrected chi connectivity index (χ1v) is 8.92. The third-order valence-corrected chi connectivity index (χ3v) is 4.87. The Morgan fingerprint density at radius 3 is 2.23 bits per heavy atom. The van der Waals surface area contributed by atoms with Gasteiger partial charge in [0.1, 0.15) is 0 Å². The summed E-state index contributed by atoms with van der Waals surface area (Å²) in [5, 5.41) is 9.00. The van der Waals surface area contributed by atoms with Crippen LogP contribution < -0.4 is 0 Å². The van der Waals surface area contributed by atoms with Crippen molar-refractivity contribution in [1.82, 2.24) is 0 Å². The van der Waals surface area contributed by atoms with Gasteiger partial charge in [0.25, 0.3) is 0 Å². The zero-order chi connectivity index (χ0) is 18.8. The van der Waals surface area contributed by atoms with Crippen molar-refractivity contribution in [2.24, 2.45) is 0 Å². The molecule has 26 heavy (non-hydrogen) atoms. The summed E-state index contributed by atoms with van der Waals surface area (Å²) < 4.78 is 0. The molecule has 1 N–H and O–H groups in total. The van der Waals surface area contributed by atoms with Gasteiger partial charge in [0, 0.05) is 0 Å². The highest BCUT2D eigenvalue weighted by atomic mass is 16.4. The predicted octanol–water partition coefficient (Wildman–Crippen LogP) is 6.40. The Bertz CT molecular complexity index is 947. The van der Waals surface area contributed by atoms with Crippen LogP contribution in [0.4, 0.5) is 0 Å². The number of rotatable bonds is 4. The van der Waals surface area contributed by atoms with E-state index < -0.39 is 5.97 Å². The van der Waals surface area contributed by atoms with E-state index in [-0.39, 0.29) is 0 Å². The maximum absolute atomic E-state index is 11.0. The van der Waals surface area contributed by atoms with Crippen LogP contribution in [0.2, 0.25) is 0 Å². The fourth-order valence-electron chi connectivity index (χ4n) is 3.29. The molecule has 0 heterocycles. The van der Waals surface area contributed by atoms with Crippen LogP contribution in [-0.4, -0.2) is 11.1 Å². The molecule has 2 nitrogen and oxygen atoms in total. The van der Waals surface area contributed by atoms with E-state index in [1.54, 1.807) is 12.1 Å². The Hall–Kier alpha value is -2.87. The third-order valence-electron chi connectivity index (χ3n) is 4.87. The highest BCUT2D eigenvalue weighted by Gasteiger charge is 2.14. The first-order chi connectivity index (χ1) is 12.4. The minimum absolute atomic E-state index is 0.306. The molecule has 0 fully saturated rings. The van der Waals surface area contributed by atoms with E-state index >= 15 is 0 Å². The van der Waals surface area contributed by atoms with E-state index in [9.17, 15) is 4.79 Å². The highest BCUT2D eigenvalue weighted by molar-refractivity contribution is 5.89. The molecule has 0 spiro atoms. The summed E-state index contributed by atoms with van der Waals surface area (Å²) >= 11 is 0. The summed E-state index contributed by atoms with van der Waals surface area (Å²) in [6, 6.07) is 15.9. The Morgan fingerprint density at radius 2 is 1.62 bits per heavy atom. The molecular weight excluding hydrogens is 320 g/mol. The molecule has 0 amide bonds. The molecule has 0 aliphatic heterocycles. The summed E-state index contributed by atoms with van der Waals surface area (Å²) in [6.07, 6.45) is 4.16. The quantitative estimate of drug-likeness (QED) is 0.594. The normalized spacial score (nSPS) is 11.6. The second-order valence-corrected chi connectivity index (χ2v) is 7.15. The standard InChI is InChI=1S/C24H24O2/c1-15(2)20-9-5-16(3)23-21(13-17(4)22(23)14-20)12-8-18-6-10-19(11-7-18)24(25)26/h5-15H,1-4H3,(H,25,26)/b12-8+. The minimum atomic E-state index is -0.901. The number of aryl methyl sites for hydroxylation is 2. The van der Waals surface area contributed by atoms with Crippen LogP contribution in [0.5, 0.6) is 0 Å². The number of carboxylic acid groups (broad SMARTS) is 1. The average Bonchev–Trinajstić information content (AvgIpc) is 2.79. The monoisotopic (exact) mass is 344 g/mol. The van der Waals surface area contributed by atoms with E-state index in [0.29, 0.717) is 11.5 Å². The first-order valence-electron chi connectivity index (χ1n) is 8.92. The van der Waals surface area contributed by atoms with Gasteiger partial charge in [-0.15, -0.1) is 0 Å². The number of aromatic carboxylic acids is 1. The Kier molecular flexibility index (Phi) is 4.94. The number of hydrogen-bond donors (Lipinski definition) is 1. The van der Waals surface area contributed by atoms with Gasteiger partial charge in [0.15, 0.2) is 0 Å². The Balaban J connectivity index is 2.00. The fraction of sp³-hybridized carbons (Fsp3) is 0.208. The lowest BCUT2D eigenvalue weighted by atomic mass is 10.0. The molecule has 0 saturated heterocycles. The average molecular weight is 344 g/mol. The molecule has 2 aliphatic carbocycles. The summed E-state index contributed by atoms with van der Waals surface area (Å²) in [5.74, 6) is -0.409. The number of hydrogen-bond acceptors (Lipinski definition) is 1. The van der Waals surface area contributed by atoms with Crippen molar-refractivity contribution in [3.05, 3.63) is 81.9 Å². The lowest BCUT2D eigenvalue weighted by Crippen LogP contribution is -1.94. The molecule has 2 aliphatic rings. The predicted molar refractivity (Wildman–Crippen MR) is 109 cm³/mol. The highest BCUT2D eigenvalue weighted by Crippen LogP contribution is 2.37. The second-order valence-electron chi connectivity index (χ2n) is 7.15.